The molecule has 1 aromatic rings. The number of nitrogens with one attached hydrogen (secondary N) is 1. The molecule has 3 heteroatoms. The van der Waals surface area contributed by atoms with Gasteiger partial charge in [0, 0.05) is 11.3 Å². The summed E-state index contributed by atoms with van der Waals surface area (Å²) in [6.45, 7) is 3.25. The highest BCUT2D eigenvalue weighted by molar-refractivity contribution is 8.00. The van der Waals surface area contributed by atoms with Crippen LogP contribution in [0.3, 0.4) is 0 Å². The van der Waals surface area contributed by atoms with E-state index in [2.05, 4.69) is 18.5 Å². The van der Waals surface area contributed by atoms with Gasteiger partial charge in [0.05, 0.1) is 12.3 Å². The van der Waals surface area contributed by atoms with Crippen molar-refractivity contribution in [1.29, 1.82) is 0 Å². The smallest absolute Gasteiger partial charge is 0.120 e. The van der Waals surface area contributed by atoms with Gasteiger partial charge in [0.2, 0.25) is 0 Å². The van der Waals surface area contributed by atoms with E-state index in [1.54, 1.807) is 6.26 Å². The van der Waals surface area contributed by atoms with Crippen LogP contribution in [0, 0.1) is 0 Å². The van der Waals surface area contributed by atoms with Crippen LogP contribution in [0.4, 0.5) is 0 Å². The minimum atomic E-state index is 0.324. The van der Waals surface area contributed by atoms with Crippen LogP contribution in [0.15, 0.2) is 22.8 Å². The molecular formula is C12H19NOS. The molecule has 0 bridgehead atoms. The van der Waals surface area contributed by atoms with Crippen LogP contribution < -0.4 is 5.32 Å². The standard InChI is InChI=1S/C12H19NOS/c1-10(11-5-3-8-14-11)13-9-12(15-2)6-4-7-12/h3,5,8,10,13H,4,6-7,9H2,1-2H3. The van der Waals surface area contributed by atoms with Crippen molar-refractivity contribution in [3.05, 3.63) is 24.2 Å². The first-order valence-electron chi connectivity index (χ1n) is 5.58. The molecule has 1 saturated carbocycles. The number of rotatable bonds is 5. The third-order valence-corrected chi connectivity index (χ3v) is 4.82. The fraction of sp³-hybridized carbons (Fsp3) is 0.667. The van der Waals surface area contributed by atoms with E-state index >= 15 is 0 Å². The summed E-state index contributed by atoms with van der Waals surface area (Å²) in [7, 11) is 0. The van der Waals surface area contributed by atoms with Crippen molar-refractivity contribution in [2.24, 2.45) is 0 Å². The van der Waals surface area contributed by atoms with Crippen LogP contribution in [0.5, 0.6) is 0 Å². The Morgan fingerprint density at radius 2 is 2.40 bits per heavy atom. The molecule has 0 aliphatic heterocycles. The molecule has 1 fully saturated rings. The Labute approximate surface area is 95.8 Å². The Balaban J connectivity index is 1.82. The lowest BCUT2D eigenvalue weighted by atomic mass is 9.84. The number of furan rings is 1. The van der Waals surface area contributed by atoms with E-state index in [-0.39, 0.29) is 0 Å². The average molecular weight is 225 g/mol. The Kier molecular flexibility index (Phi) is 3.42. The van der Waals surface area contributed by atoms with Gasteiger partial charge in [0.1, 0.15) is 5.76 Å². The highest BCUT2D eigenvalue weighted by atomic mass is 32.2. The van der Waals surface area contributed by atoms with Gasteiger partial charge in [-0.25, -0.2) is 0 Å². The highest BCUT2D eigenvalue weighted by Gasteiger charge is 2.36. The summed E-state index contributed by atoms with van der Waals surface area (Å²) in [5.74, 6) is 1.03. The third kappa shape index (κ3) is 2.40. The molecule has 1 aliphatic carbocycles. The summed E-state index contributed by atoms with van der Waals surface area (Å²) in [4.78, 5) is 0. The largest absolute Gasteiger partial charge is 0.468 e. The van der Waals surface area contributed by atoms with E-state index in [1.807, 2.05) is 23.9 Å². The number of thioether (sulfide) groups is 1. The van der Waals surface area contributed by atoms with Crippen LogP contribution in [0.1, 0.15) is 38.0 Å². The third-order valence-electron chi connectivity index (χ3n) is 3.40. The normalized spacial score (nSPS) is 20.9. The first-order valence-corrected chi connectivity index (χ1v) is 6.80. The minimum absolute atomic E-state index is 0.324. The zero-order chi connectivity index (χ0) is 10.7. The molecule has 15 heavy (non-hydrogen) atoms. The van der Waals surface area contributed by atoms with Gasteiger partial charge in [-0.2, -0.15) is 11.8 Å². The maximum atomic E-state index is 5.38. The molecule has 0 spiro atoms. The molecule has 2 rings (SSSR count). The van der Waals surface area contributed by atoms with Gasteiger partial charge in [-0.1, -0.05) is 6.42 Å². The molecule has 0 amide bonds. The van der Waals surface area contributed by atoms with Crippen molar-refractivity contribution in [2.45, 2.75) is 37.0 Å². The van der Waals surface area contributed by atoms with Crippen LogP contribution in [-0.2, 0) is 0 Å². The Morgan fingerprint density at radius 1 is 1.60 bits per heavy atom. The van der Waals surface area contributed by atoms with Gasteiger partial charge in [-0.3, -0.25) is 0 Å². The number of hydrogen-bond donors (Lipinski definition) is 1. The second-order valence-electron chi connectivity index (χ2n) is 4.36. The summed E-state index contributed by atoms with van der Waals surface area (Å²) >= 11 is 2.01. The quantitative estimate of drug-likeness (QED) is 0.833. The molecule has 2 nitrogen and oxygen atoms in total. The SMILES string of the molecule is CSC1(CNC(C)c2ccco2)CCC1. The topological polar surface area (TPSA) is 25.2 Å². The predicted octanol–water partition coefficient (Wildman–Crippen LogP) is 3.22. The van der Waals surface area contributed by atoms with E-state index < -0.39 is 0 Å². The van der Waals surface area contributed by atoms with Gasteiger partial charge < -0.3 is 9.73 Å². The predicted molar refractivity (Wildman–Crippen MR) is 65.2 cm³/mol. The van der Waals surface area contributed by atoms with Crippen LogP contribution in [0.25, 0.3) is 0 Å². The Bertz CT molecular complexity index is 287. The van der Waals surface area contributed by atoms with Gasteiger partial charge >= 0.3 is 0 Å². The monoisotopic (exact) mass is 225 g/mol. The first-order chi connectivity index (χ1) is 7.26. The fourth-order valence-corrected chi connectivity index (χ4v) is 2.93. The maximum Gasteiger partial charge on any atom is 0.120 e. The summed E-state index contributed by atoms with van der Waals surface area (Å²) in [5, 5.41) is 3.56. The summed E-state index contributed by atoms with van der Waals surface area (Å²) in [5.41, 5.74) is 0. The van der Waals surface area contributed by atoms with E-state index in [4.69, 9.17) is 4.42 Å². The van der Waals surface area contributed by atoms with Crippen LogP contribution in [-0.4, -0.2) is 17.5 Å². The number of hydrogen-bond acceptors (Lipinski definition) is 3. The van der Waals surface area contributed by atoms with E-state index in [1.165, 1.54) is 19.3 Å². The van der Waals surface area contributed by atoms with Gasteiger partial charge in [-0.05, 0) is 38.2 Å². The zero-order valence-corrected chi connectivity index (χ0v) is 10.3. The Hall–Kier alpha value is -0.410. The summed E-state index contributed by atoms with van der Waals surface area (Å²) < 4.78 is 5.88. The molecule has 1 aliphatic rings. The maximum absolute atomic E-state index is 5.38. The van der Waals surface area contributed by atoms with Crippen LogP contribution in [0.2, 0.25) is 0 Å². The second-order valence-corrected chi connectivity index (χ2v) is 5.63. The Morgan fingerprint density at radius 3 is 2.87 bits per heavy atom. The molecule has 84 valence electrons. The highest BCUT2D eigenvalue weighted by Crippen LogP contribution is 2.42. The van der Waals surface area contributed by atoms with Crippen molar-refractivity contribution < 1.29 is 4.42 Å². The molecular weight excluding hydrogens is 206 g/mol. The van der Waals surface area contributed by atoms with Crippen molar-refractivity contribution in [3.8, 4) is 0 Å². The molecule has 1 unspecified atom stereocenters. The lowest BCUT2D eigenvalue weighted by Crippen LogP contribution is -2.43. The molecule has 1 atom stereocenters. The minimum Gasteiger partial charge on any atom is -0.468 e. The first kappa shape index (κ1) is 11.1. The van der Waals surface area contributed by atoms with Gasteiger partial charge in [0.15, 0.2) is 0 Å². The van der Waals surface area contributed by atoms with E-state index in [0.717, 1.165) is 12.3 Å². The summed E-state index contributed by atoms with van der Waals surface area (Å²) in [6, 6.07) is 4.30. The van der Waals surface area contributed by atoms with E-state index in [0.29, 0.717) is 10.8 Å². The summed E-state index contributed by atoms with van der Waals surface area (Å²) in [6.07, 6.45) is 8.05. The lowest BCUT2D eigenvalue weighted by Gasteiger charge is -2.41. The van der Waals surface area contributed by atoms with Crippen LogP contribution >= 0.6 is 11.8 Å². The zero-order valence-electron chi connectivity index (χ0n) is 9.45. The van der Waals surface area contributed by atoms with Gasteiger partial charge in [0.25, 0.3) is 0 Å². The molecule has 1 N–H and O–H groups in total. The fourth-order valence-electron chi connectivity index (χ4n) is 2.00. The molecule has 0 aromatic carbocycles. The van der Waals surface area contributed by atoms with Crippen molar-refractivity contribution in [3.63, 3.8) is 0 Å². The molecule has 1 heterocycles. The van der Waals surface area contributed by atoms with E-state index in [9.17, 15) is 0 Å². The van der Waals surface area contributed by atoms with Crippen molar-refractivity contribution in [1.82, 2.24) is 5.32 Å². The molecule has 0 radical (unpaired) electrons. The average Bonchev–Trinajstić information content (AvgIpc) is 2.69. The second kappa shape index (κ2) is 4.62. The van der Waals surface area contributed by atoms with Gasteiger partial charge in [-0.15, -0.1) is 0 Å². The molecule has 1 aromatic heterocycles. The molecule has 0 saturated heterocycles. The lowest BCUT2D eigenvalue weighted by molar-refractivity contribution is 0.323. The van der Waals surface area contributed by atoms with Crippen molar-refractivity contribution >= 4 is 11.8 Å². The van der Waals surface area contributed by atoms with Crippen molar-refractivity contribution in [2.75, 3.05) is 12.8 Å².